The lowest BCUT2D eigenvalue weighted by Gasteiger charge is -2.34. The molecule has 1 saturated heterocycles. The number of carbonyl (C=O) groups excluding carboxylic acids is 2. The zero-order chi connectivity index (χ0) is 20.1. The molecule has 3 N–H and O–H groups in total. The van der Waals surface area contributed by atoms with E-state index >= 15 is 0 Å². The highest BCUT2D eigenvalue weighted by Gasteiger charge is 2.30. The molecule has 1 aliphatic heterocycles. The summed E-state index contributed by atoms with van der Waals surface area (Å²) in [5.74, 6) is 4.42. The number of piperidine rings is 1. The van der Waals surface area contributed by atoms with Gasteiger partial charge in [0.05, 0.1) is 11.1 Å². The normalized spacial score (nSPS) is 16.2. The van der Waals surface area contributed by atoms with E-state index in [1.807, 2.05) is 43.8 Å². The van der Waals surface area contributed by atoms with Gasteiger partial charge in [-0.1, -0.05) is 12.1 Å². The first-order chi connectivity index (χ1) is 12.7. The molecule has 8 nitrogen and oxygen atoms in total. The number of aromatic nitrogens is 2. The number of fused-ring (bicyclic) bond motifs is 1. The van der Waals surface area contributed by atoms with E-state index in [1.165, 1.54) is 0 Å². The molecule has 1 aliphatic rings. The molecule has 1 aromatic carbocycles. The van der Waals surface area contributed by atoms with Gasteiger partial charge in [-0.15, -0.1) is 0 Å². The van der Waals surface area contributed by atoms with Gasteiger partial charge in [-0.05, 0) is 59.7 Å². The van der Waals surface area contributed by atoms with Crippen molar-refractivity contribution in [3.05, 3.63) is 30.0 Å². The van der Waals surface area contributed by atoms with Crippen molar-refractivity contribution < 1.29 is 19.2 Å². The van der Waals surface area contributed by atoms with Crippen molar-refractivity contribution in [2.24, 2.45) is 5.90 Å². The lowest BCUT2D eigenvalue weighted by molar-refractivity contribution is -0.138. The van der Waals surface area contributed by atoms with Crippen molar-refractivity contribution in [1.82, 2.24) is 15.1 Å². The molecule has 0 radical (unpaired) electrons. The van der Waals surface area contributed by atoms with Gasteiger partial charge in [0.1, 0.15) is 11.1 Å². The second-order valence-corrected chi connectivity index (χ2v) is 7.80. The third-order valence-corrected chi connectivity index (χ3v) is 4.50. The van der Waals surface area contributed by atoms with Gasteiger partial charge in [0.2, 0.25) is 0 Å². The molecule has 0 spiro atoms. The third kappa shape index (κ3) is 5.27. The zero-order valence-corrected chi connectivity index (χ0v) is 16.3. The Morgan fingerprint density at radius 1 is 1.33 bits per heavy atom. The molecule has 1 fully saturated rings. The van der Waals surface area contributed by atoms with Crippen LogP contribution in [-0.4, -0.2) is 40.9 Å². The monoisotopic (exact) mass is 376 g/mol. The van der Waals surface area contributed by atoms with Crippen molar-refractivity contribution in [3.8, 4) is 0 Å². The Morgan fingerprint density at radius 3 is 2.52 bits per heavy atom. The lowest BCUT2D eigenvalue weighted by atomic mass is 9.91. The first-order valence-corrected chi connectivity index (χ1v) is 8.92. The topological polar surface area (TPSA) is 108 Å². The van der Waals surface area contributed by atoms with Crippen LogP contribution in [-0.2, 0) is 19.9 Å². The number of rotatable bonds is 3. The van der Waals surface area contributed by atoms with Crippen LogP contribution >= 0.6 is 0 Å². The Kier molecular flexibility index (Phi) is 6.56. The molecular weight excluding hydrogens is 348 g/mol. The Hall–Kier alpha value is -2.45. The molecule has 2 aromatic rings. The molecule has 0 unspecified atom stereocenters. The van der Waals surface area contributed by atoms with Crippen LogP contribution in [0.15, 0.2) is 24.4 Å². The van der Waals surface area contributed by atoms with Crippen LogP contribution in [0.5, 0.6) is 0 Å². The quantitative estimate of drug-likeness (QED) is 0.624. The molecule has 0 amide bonds. The van der Waals surface area contributed by atoms with E-state index in [-0.39, 0.29) is 11.1 Å². The fourth-order valence-corrected chi connectivity index (χ4v) is 2.89. The van der Waals surface area contributed by atoms with Crippen molar-refractivity contribution in [2.75, 3.05) is 13.1 Å². The van der Waals surface area contributed by atoms with Crippen LogP contribution in [0.3, 0.4) is 0 Å². The van der Waals surface area contributed by atoms with E-state index < -0.39 is 5.97 Å². The smallest absolute Gasteiger partial charge is 0.358 e. The number of carbonyl (C=O) groups is 2. The standard InChI is InChI=1S/C14H18N4O2.C5H10O2/c1-14(5-7-16-8-6-14)18-9-10-3-2-4-11(12(10)17-18)13(19)20-15;1-5(2,3)7-4-6/h2-4,9,16H,5-8,15H2,1H3;4H,1-3H3. The Bertz CT molecular complexity index is 789. The number of nitrogens with zero attached hydrogens (tertiary/aromatic N) is 2. The fraction of sp³-hybridized carbons (Fsp3) is 0.526. The summed E-state index contributed by atoms with van der Waals surface area (Å²) in [6, 6.07) is 5.43. The average Bonchev–Trinajstić information content (AvgIpc) is 3.06. The summed E-state index contributed by atoms with van der Waals surface area (Å²) in [5.41, 5.74) is 0.708. The number of nitrogens with two attached hydrogens (primary N) is 1. The first kappa shape index (κ1) is 20.9. The number of nitrogens with one attached hydrogen (secondary N) is 1. The van der Waals surface area contributed by atoms with Crippen LogP contribution in [0, 0.1) is 0 Å². The molecule has 0 atom stereocenters. The van der Waals surface area contributed by atoms with Crippen molar-refractivity contribution >= 4 is 23.3 Å². The number of hydrogen-bond acceptors (Lipinski definition) is 7. The van der Waals surface area contributed by atoms with Crippen LogP contribution in [0.1, 0.15) is 50.9 Å². The molecule has 0 saturated carbocycles. The van der Waals surface area contributed by atoms with Gasteiger partial charge in [-0.3, -0.25) is 9.48 Å². The Balaban J connectivity index is 0.000000321. The number of hydrogen-bond donors (Lipinski definition) is 2. The van der Waals surface area contributed by atoms with E-state index in [1.54, 1.807) is 6.07 Å². The maximum absolute atomic E-state index is 11.7. The summed E-state index contributed by atoms with van der Waals surface area (Å²) >= 11 is 0. The summed E-state index contributed by atoms with van der Waals surface area (Å²) in [6.45, 7) is 10.1. The SMILES string of the molecule is CC(C)(C)OC=O.CC1(n2cc3cccc(C(=O)ON)c3n2)CCNCC1. The molecule has 27 heavy (non-hydrogen) atoms. The minimum Gasteiger partial charge on any atom is -0.462 e. The molecule has 0 aliphatic carbocycles. The van der Waals surface area contributed by atoms with Crippen molar-refractivity contribution in [2.45, 2.75) is 51.7 Å². The molecule has 2 heterocycles. The maximum atomic E-state index is 11.7. The van der Waals surface area contributed by atoms with Gasteiger partial charge in [0.25, 0.3) is 6.47 Å². The van der Waals surface area contributed by atoms with Crippen molar-refractivity contribution in [3.63, 3.8) is 0 Å². The summed E-state index contributed by atoms with van der Waals surface area (Å²) in [4.78, 5) is 25.6. The van der Waals surface area contributed by atoms with Crippen LogP contribution in [0.25, 0.3) is 10.9 Å². The second kappa shape index (κ2) is 8.49. The van der Waals surface area contributed by atoms with Crippen molar-refractivity contribution in [1.29, 1.82) is 0 Å². The average molecular weight is 376 g/mol. The zero-order valence-electron chi connectivity index (χ0n) is 16.3. The van der Waals surface area contributed by atoms with E-state index in [2.05, 4.69) is 26.9 Å². The predicted octanol–water partition coefficient (Wildman–Crippen LogP) is 2.12. The number of ether oxygens (including phenoxy) is 1. The van der Waals surface area contributed by atoms with Crippen LogP contribution in [0.4, 0.5) is 0 Å². The van der Waals surface area contributed by atoms with Crippen LogP contribution in [0.2, 0.25) is 0 Å². The number of benzene rings is 1. The summed E-state index contributed by atoms with van der Waals surface area (Å²) in [6.07, 6.45) is 4.02. The fourth-order valence-electron chi connectivity index (χ4n) is 2.89. The Labute approximate surface area is 158 Å². The van der Waals surface area contributed by atoms with Gasteiger partial charge in [-0.25, -0.2) is 4.79 Å². The highest BCUT2D eigenvalue weighted by Crippen LogP contribution is 2.29. The highest BCUT2D eigenvalue weighted by atomic mass is 16.7. The highest BCUT2D eigenvalue weighted by molar-refractivity contribution is 6.02. The molecule has 8 heteroatoms. The first-order valence-electron chi connectivity index (χ1n) is 8.92. The largest absolute Gasteiger partial charge is 0.462 e. The predicted molar refractivity (Wildman–Crippen MR) is 102 cm³/mol. The van der Waals surface area contributed by atoms with Crippen LogP contribution < -0.4 is 11.2 Å². The Morgan fingerprint density at radius 2 is 2.00 bits per heavy atom. The van der Waals surface area contributed by atoms with Gasteiger partial charge in [0, 0.05) is 11.6 Å². The molecule has 148 valence electrons. The van der Waals surface area contributed by atoms with E-state index in [4.69, 9.17) is 5.90 Å². The van der Waals surface area contributed by atoms with E-state index in [0.29, 0.717) is 17.6 Å². The van der Waals surface area contributed by atoms with Gasteiger partial charge >= 0.3 is 5.97 Å². The molecule has 3 rings (SSSR count). The van der Waals surface area contributed by atoms with Gasteiger partial charge in [0.15, 0.2) is 0 Å². The second-order valence-electron chi connectivity index (χ2n) is 7.80. The van der Waals surface area contributed by atoms with Gasteiger partial charge in [-0.2, -0.15) is 11.0 Å². The minimum absolute atomic E-state index is 0.0197. The van der Waals surface area contributed by atoms with E-state index in [0.717, 1.165) is 31.3 Å². The molecule has 0 bridgehead atoms. The molecule has 1 aromatic heterocycles. The maximum Gasteiger partial charge on any atom is 0.358 e. The van der Waals surface area contributed by atoms with Gasteiger partial charge < -0.3 is 14.9 Å². The van der Waals surface area contributed by atoms with E-state index in [9.17, 15) is 9.59 Å². The minimum atomic E-state index is -0.559. The summed E-state index contributed by atoms with van der Waals surface area (Å²) < 4.78 is 6.53. The third-order valence-electron chi connectivity index (χ3n) is 4.50. The molecular formula is C19H28N4O4. The lowest BCUT2D eigenvalue weighted by Crippen LogP contribution is -2.42. The summed E-state index contributed by atoms with van der Waals surface area (Å²) in [7, 11) is 0. The summed E-state index contributed by atoms with van der Waals surface area (Å²) in [5, 5.41) is 8.88.